The highest BCUT2D eigenvalue weighted by Gasteiger charge is 2.34. The van der Waals surface area contributed by atoms with E-state index in [2.05, 4.69) is 0 Å². The predicted octanol–water partition coefficient (Wildman–Crippen LogP) is 1.13. The van der Waals surface area contributed by atoms with Crippen molar-refractivity contribution in [2.75, 3.05) is 6.54 Å². The Morgan fingerprint density at radius 2 is 1.79 bits per heavy atom. The number of carbonyl (C=O) groups is 1. The van der Waals surface area contributed by atoms with Crippen molar-refractivity contribution in [3.05, 3.63) is 0 Å². The lowest BCUT2D eigenvalue weighted by molar-refractivity contribution is -0.165. The molecule has 0 spiro atoms. The van der Waals surface area contributed by atoms with Gasteiger partial charge in [0.2, 0.25) is 5.91 Å². The minimum atomic E-state index is -4.38. The van der Waals surface area contributed by atoms with Crippen LogP contribution < -0.4 is 5.73 Å². The Hall–Kier alpha value is -0.780. The van der Waals surface area contributed by atoms with Crippen LogP contribution in [0.1, 0.15) is 20.8 Å². The molecule has 0 aromatic heterocycles. The van der Waals surface area contributed by atoms with Crippen molar-refractivity contribution < 1.29 is 18.0 Å². The number of nitrogens with two attached hydrogens (primary N) is 1. The lowest BCUT2D eigenvalue weighted by atomic mass is 10.2. The summed E-state index contributed by atoms with van der Waals surface area (Å²) < 4.78 is 36.2. The maximum atomic E-state index is 12.1. The molecule has 0 aliphatic rings. The van der Waals surface area contributed by atoms with Crippen LogP contribution in [0.25, 0.3) is 0 Å². The van der Waals surface area contributed by atoms with Gasteiger partial charge < -0.3 is 10.6 Å². The normalized spacial score (nSPS) is 14.3. The van der Waals surface area contributed by atoms with E-state index in [0.29, 0.717) is 0 Å². The summed E-state index contributed by atoms with van der Waals surface area (Å²) in [4.78, 5) is 12.0. The van der Waals surface area contributed by atoms with Crippen LogP contribution in [-0.4, -0.2) is 35.6 Å². The molecule has 0 aromatic carbocycles. The van der Waals surface area contributed by atoms with Crippen LogP contribution in [0.15, 0.2) is 0 Å². The van der Waals surface area contributed by atoms with E-state index >= 15 is 0 Å². The van der Waals surface area contributed by atoms with Gasteiger partial charge in [-0.15, -0.1) is 0 Å². The first-order chi connectivity index (χ1) is 6.15. The standard InChI is InChI=1S/C8H15F3N2O/c1-5(2)13(4-8(9,10)11)7(14)6(3)12/h5-6H,4,12H2,1-3H3. The van der Waals surface area contributed by atoms with Crippen LogP contribution >= 0.6 is 0 Å². The van der Waals surface area contributed by atoms with Crippen LogP contribution in [0.2, 0.25) is 0 Å². The smallest absolute Gasteiger partial charge is 0.330 e. The van der Waals surface area contributed by atoms with Crippen molar-refractivity contribution in [1.29, 1.82) is 0 Å². The van der Waals surface area contributed by atoms with Crippen molar-refractivity contribution in [3.8, 4) is 0 Å². The number of rotatable bonds is 3. The zero-order valence-electron chi connectivity index (χ0n) is 8.43. The topological polar surface area (TPSA) is 46.3 Å². The molecule has 1 unspecified atom stereocenters. The van der Waals surface area contributed by atoms with Crippen molar-refractivity contribution in [3.63, 3.8) is 0 Å². The Bertz CT molecular complexity index is 201. The molecule has 14 heavy (non-hydrogen) atoms. The largest absolute Gasteiger partial charge is 0.406 e. The molecule has 0 bridgehead atoms. The second kappa shape index (κ2) is 4.63. The Labute approximate surface area is 81.1 Å². The van der Waals surface area contributed by atoms with Gasteiger partial charge in [-0.05, 0) is 20.8 Å². The maximum Gasteiger partial charge on any atom is 0.406 e. The number of carbonyl (C=O) groups excluding carboxylic acids is 1. The van der Waals surface area contributed by atoms with E-state index in [1.165, 1.54) is 20.8 Å². The molecule has 6 heteroatoms. The molecule has 1 amide bonds. The van der Waals surface area contributed by atoms with Gasteiger partial charge in [-0.3, -0.25) is 4.79 Å². The first-order valence-electron chi connectivity index (χ1n) is 4.28. The molecule has 0 rings (SSSR count). The van der Waals surface area contributed by atoms with Gasteiger partial charge in [0, 0.05) is 6.04 Å². The van der Waals surface area contributed by atoms with E-state index in [0.717, 1.165) is 4.90 Å². The maximum absolute atomic E-state index is 12.1. The summed E-state index contributed by atoms with van der Waals surface area (Å²) in [5.74, 6) is -0.683. The monoisotopic (exact) mass is 212 g/mol. The van der Waals surface area contributed by atoms with Crippen molar-refractivity contribution >= 4 is 5.91 Å². The minimum absolute atomic E-state index is 0.505. The van der Waals surface area contributed by atoms with Gasteiger partial charge in [-0.25, -0.2) is 0 Å². The zero-order valence-corrected chi connectivity index (χ0v) is 8.43. The van der Waals surface area contributed by atoms with Gasteiger partial charge in [-0.2, -0.15) is 13.2 Å². The number of alkyl halides is 3. The fraction of sp³-hybridized carbons (Fsp3) is 0.875. The number of halogens is 3. The summed E-state index contributed by atoms with van der Waals surface area (Å²) in [5.41, 5.74) is 5.23. The van der Waals surface area contributed by atoms with Gasteiger partial charge in [0.25, 0.3) is 0 Å². The van der Waals surface area contributed by atoms with Crippen molar-refractivity contribution in [2.45, 2.75) is 39.0 Å². The summed E-state index contributed by atoms with van der Waals surface area (Å²) in [5, 5.41) is 0. The molecule has 0 heterocycles. The molecule has 0 saturated heterocycles. The summed E-state index contributed by atoms with van der Waals surface area (Å²) in [7, 11) is 0. The summed E-state index contributed by atoms with van der Waals surface area (Å²) in [6, 6.07) is -1.41. The van der Waals surface area contributed by atoms with Crippen LogP contribution in [0.4, 0.5) is 13.2 Å². The number of amides is 1. The highest BCUT2D eigenvalue weighted by molar-refractivity contribution is 5.81. The van der Waals surface area contributed by atoms with Crippen molar-refractivity contribution in [1.82, 2.24) is 4.90 Å². The third-order valence-corrected chi connectivity index (χ3v) is 1.65. The first kappa shape index (κ1) is 13.2. The zero-order chi connectivity index (χ0) is 11.5. The Balaban J connectivity index is 4.54. The van der Waals surface area contributed by atoms with Crippen molar-refractivity contribution in [2.24, 2.45) is 5.73 Å². The number of hydrogen-bond acceptors (Lipinski definition) is 2. The molecule has 1 atom stereocenters. The average Bonchev–Trinajstić information content (AvgIpc) is 1.96. The molecule has 0 aliphatic carbocycles. The molecule has 0 aromatic rings. The molecule has 3 nitrogen and oxygen atoms in total. The predicted molar refractivity (Wildman–Crippen MR) is 46.6 cm³/mol. The van der Waals surface area contributed by atoms with Crippen LogP contribution in [-0.2, 0) is 4.79 Å². The Morgan fingerprint density at radius 3 is 2.00 bits per heavy atom. The third-order valence-electron chi connectivity index (χ3n) is 1.65. The van der Waals surface area contributed by atoms with Gasteiger partial charge in [-0.1, -0.05) is 0 Å². The number of nitrogens with zero attached hydrogens (tertiary/aromatic N) is 1. The Kier molecular flexibility index (Phi) is 4.38. The first-order valence-corrected chi connectivity index (χ1v) is 4.28. The summed E-state index contributed by atoms with van der Waals surface area (Å²) in [6.45, 7) is 3.16. The van der Waals surface area contributed by atoms with Gasteiger partial charge in [0.15, 0.2) is 0 Å². The van der Waals surface area contributed by atoms with Gasteiger partial charge >= 0.3 is 6.18 Å². The van der Waals surface area contributed by atoms with E-state index < -0.39 is 30.7 Å². The Morgan fingerprint density at radius 1 is 1.36 bits per heavy atom. The molecule has 0 radical (unpaired) electrons. The van der Waals surface area contributed by atoms with Gasteiger partial charge in [0.1, 0.15) is 6.54 Å². The number of hydrogen-bond donors (Lipinski definition) is 1. The SMILES string of the molecule is CC(N)C(=O)N(CC(F)(F)F)C(C)C. The quantitative estimate of drug-likeness (QED) is 0.762. The van der Waals surface area contributed by atoms with E-state index in [1.54, 1.807) is 0 Å². The van der Waals surface area contributed by atoms with E-state index in [1.807, 2.05) is 0 Å². The van der Waals surface area contributed by atoms with E-state index in [-0.39, 0.29) is 0 Å². The molecule has 2 N–H and O–H groups in total. The lowest BCUT2D eigenvalue weighted by Gasteiger charge is -2.29. The fourth-order valence-corrected chi connectivity index (χ4v) is 0.970. The van der Waals surface area contributed by atoms with Crippen LogP contribution in [0, 0.1) is 0 Å². The molecular formula is C8H15F3N2O. The van der Waals surface area contributed by atoms with E-state index in [4.69, 9.17) is 5.73 Å². The minimum Gasteiger partial charge on any atom is -0.330 e. The van der Waals surface area contributed by atoms with Crippen LogP contribution in [0.3, 0.4) is 0 Å². The molecule has 0 saturated carbocycles. The molecule has 0 fully saturated rings. The second-order valence-corrected chi connectivity index (χ2v) is 3.46. The van der Waals surface area contributed by atoms with Gasteiger partial charge in [0.05, 0.1) is 6.04 Å². The second-order valence-electron chi connectivity index (χ2n) is 3.46. The fourth-order valence-electron chi connectivity index (χ4n) is 0.970. The average molecular weight is 212 g/mol. The lowest BCUT2D eigenvalue weighted by Crippen LogP contribution is -2.49. The highest BCUT2D eigenvalue weighted by atomic mass is 19.4. The van der Waals surface area contributed by atoms with Crippen LogP contribution in [0.5, 0.6) is 0 Å². The summed E-state index contributed by atoms with van der Waals surface area (Å²) in [6.07, 6.45) is -4.38. The molecule has 84 valence electrons. The summed E-state index contributed by atoms with van der Waals surface area (Å²) >= 11 is 0. The highest BCUT2D eigenvalue weighted by Crippen LogP contribution is 2.18. The third kappa shape index (κ3) is 4.45. The van der Waals surface area contributed by atoms with E-state index in [9.17, 15) is 18.0 Å². The molecular weight excluding hydrogens is 197 g/mol. The molecule has 0 aliphatic heterocycles.